The Morgan fingerprint density at radius 3 is 1.57 bits per heavy atom. The minimum absolute atomic E-state index is 0. The summed E-state index contributed by atoms with van der Waals surface area (Å²) in [5.74, 6) is 2.26. The molecular formula is C124H97Ir4N10O4S2-7. The summed E-state index contributed by atoms with van der Waals surface area (Å²) in [7, 11) is 0. The molecule has 24 aromatic rings. The fraction of sp³-hybridized carbons (Fsp3) is 0.113. The number of imidazole rings is 1. The fourth-order valence-corrected chi connectivity index (χ4v) is 18.6. The summed E-state index contributed by atoms with van der Waals surface area (Å²) in [6, 6.07) is 141. The van der Waals surface area contributed by atoms with Crippen molar-refractivity contribution in [3.05, 3.63) is 472 Å². The Morgan fingerprint density at radius 2 is 0.931 bits per heavy atom. The molecule has 1 aliphatic rings. The zero-order chi connectivity index (χ0) is 95.9. The standard InChI is InChI=1S/C23H12NS.C19H22N.C18H17N2.C14H14N.C13H8NO.C13H8NS.C12H7N2O.C12H9NO2.4Ir/c1-2-5-16(6-3-1)23-22-18-12-11-15-8-4-7-14-9-10-17(21(18)20(14)15)13-19(22)25-24-23;1-14(2)16-10-11-20-19(13-16)18-9-5-8-17(12-18)15-6-3-4-7-15;1-14(2)15-7-6-8-16(13-15)18-19-11-12-20(18)17-9-4-3-5-10-17;1-11(2)12-6-8-13(9-7-12)14-5-3-4-10-15-14;2*1-2-6-10(7-3-1)13-11-8-4-5-9-12(11)15-14-13;1-2-6-11-10(5-1)12(14-15-11)9-4-3-7-13-8-9;14-12(15)11-8-10(6-7-13-11)9-4-2-1-3-5-9;;;;/h1-5,7-13H;5,8,10-15H,3-4,6-7H2,1-2H3;3-7,9-14H,1-2H3;3-8,10-11H,1-2H3;2*1-6,8-9H;1-7H;1-8H,(H,14,15);;;;/q7*-1;;;;;. The Balaban J connectivity index is 0.000000131. The molecule has 15 aromatic carbocycles. The molecule has 0 aliphatic heterocycles. The summed E-state index contributed by atoms with van der Waals surface area (Å²) in [5, 5.41) is 29.2. The van der Waals surface area contributed by atoms with Crippen LogP contribution >= 0.6 is 23.1 Å². The molecule has 0 spiro atoms. The second-order valence-electron chi connectivity index (χ2n) is 34.5. The third kappa shape index (κ3) is 25.9. The van der Waals surface area contributed by atoms with Gasteiger partial charge in [0, 0.05) is 160 Å². The average Bonchev–Trinajstić information content (AvgIpc) is 1.41. The van der Waals surface area contributed by atoms with E-state index in [9.17, 15) is 4.79 Å². The number of pyridine rings is 4. The van der Waals surface area contributed by atoms with Crippen LogP contribution in [0.5, 0.6) is 0 Å². The minimum atomic E-state index is -1.01. The van der Waals surface area contributed by atoms with Crippen molar-refractivity contribution in [2.24, 2.45) is 0 Å². The molecule has 9 aromatic heterocycles. The van der Waals surface area contributed by atoms with Gasteiger partial charge in [0.2, 0.25) is 0 Å². The van der Waals surface area contributed by atoms with Crippen LogP contribution in [0.15, 0.2) is 410 Å². The maximum Gasteiger partial charge on any atom is 0.354 e. The van der Waals surface area contributed by atoms with Crippen LogP contribution in [0.4, 0.5) is 0 Å². The molecular weight excluding hydrogens is 2530 g/mol. The zero-order valence-electron chi connectivity index (χ0n) is 79.5. The number of benzene rings is 15. The van der Waals surface area contributed by atoms with E-state index in [-0.39, 0.29) is 86.1 Å². The van der Waals surface area contributed by atoms with Gasteiger partial charge in [0.25, 0.3) is 0 Å². The molecule has 9 heterocycles. The number of aromatic nitrogens is 10. The summed E-state index contributed by atoms with van der Waals surface area (Å²) in [6.45, 7) is 13.2. The predicted octanol–water partition coefficient (Wildman–Crippen LogP) is 32.3. The molecule has 0 bridgehead atoms. The Kier molecular flexibility index (Phi) is 38.0. The van der Waals surface area contributed by atoms with E-state index >= 15 is 0 Å². The first kappa shape index (κ1) is 106. The van der Waals surface area contributed by atoms with E-state index in [2.05, 4.69) is 268 Å². The van der Waals surface area contributed by atoms with Gasteiger partial charge in [-0.15, -0.1) is 242 Å². The topological polar surface area (TPSA) is 185 Å². The zero-order valence-corrected chi connectivity index (χ0v) is 90.8. The van der Waals surface area contributed by atoms with Crippen LogP contribution in [0.25, 0.3) is 170 Å². The van der Waals surface area contributed by atoms with Crippen molar-refractivity contribution in [3.8, 4) is 95.7 Å². The number of rotatable bonds is 14. The number of aromatic carboxylic acids is 1. The molecule has 722 valence electrons. The predicted molar refractivity (Wildman–Crippen MR) is 571 cm³/mol. The molecule has 1 N–H and O–H groups in total. The van der Waals surface area contributed by atoms with Crippen LogP contribution in [0.2, 0.25) is 0 Å². The van der Waals surface area contributed by atoms with Gasteiger partial charge in [-0.1, -0.05) is 236 Å². The van der Waals surface area contributed by atoms with Crippen molar-refractivity contribution in [2.75, 3.05) is 0 Å². The molecule has 25 rings (SSSR count). The van der Waals surface area contributed by atoms with E-state index in [0.29, 0.717) is 17.8 Å². The molecule has 4 radical (unpaired) electrons. The molecule has 1 fully saturated rings. The first-order chi connectivity index (χ1) is 68.8. The molecule has 20 heteroatoms. The van der Waals surface area contributed by atoms with E-state index < -0.39 is 5.97 Å². The van der Waals surface area contributed by atoms with Crippen molar-refractivity contribution in [1.82, 2.24) is 48.5 Å². The maximum atomic E-state index is 10.7. The Bertz CT molecular complexity index is 7880. The maximum absolute atomic E-state index is 10.7. The van der Waals surface area contributed by atoms with Crippen molar-refractivity contribution in [2.45, 2.75) is 90.9 Å². The molecule has 1 saturated carbocycles. The Morgan fingerprint density at radius 1 is 0.368 bits per heavy atom. The Labute approximate surface area is 901 Å². The molecule has 0 atom stereocenters. The molecule has 14 nitrogen and oxygen atoms in total. The largest absolute Gasteiger partial charge is 0.477 e. The van der Waals surface area contributed by atoms with Gasteiger partial charge >= 0.3 is 5.97 Å². The molecule has 0 saturated heterocycles. The molecule has 0 amide bonds. The second kappa shape index (κ2) is 51.8. The van der Waals surface area contributed by atoms with Gasteiger partial charge in [0.1, 0.15) is 5.69 Å². The number of hydrogen-bond donors (Lipinski definition) is 1. The summed E-state index contributed by atoms with van der Waals surface area (Å²) in [5.41, 5.74) is 23.0. The van der Waals surface area contributed by atoms with Gasteiger partial charge in [-0.2, -0.15) is 0 Å². The van der Waals surface area contributed by atoms with Gasteiger partial charge in [0.15, 0.2) is 11.2 Å². The van der Waals surface area contributed by atoms with E-state index in [1.54, 1.807) is 36.1 Å². The van der Waals surface area contributed by atoms with Crippen LogP contribution in [0, 0.1) is 42.6 Å². The molecule has 144 heavy (non-hydrogen) atoms. The van der Waals surface area contributed by atoms with Crippen LogP contribution in [0.3, 0.4) is 0 Å². The number of fused-ring (bicyclic) bond motifs is 5. The smallest absolute Gasteiger partial charge is 0.354 e. The van der Waals surface area contributed by atoms with E-state index in [1.807, 2.05) is 231 Å². The quantitative estimate of drug-likeness (QED) is 0.0802. The monoisotopic (exact) mass is 2630 g/mol. The summed E-state index contributed by atoms with van der Waals surface area (Å²) in [6.07, 6.45) is 19.0. The van der Waals surface area contributed by atoms with Crippen LogP contribution in [-0.4, -0.2) is 59.6 Å². The van der Waals surface area contributed by atoms with Crippen molar-refractivity contribution >= 4 is 103 Å². The number of carbonyl (C=O) groups is 1. The van der Waals surface area contributed by atoms with Gasteiger partial charge in [-0.05, 0) is 186 Å². The van der Waals surface area contributed by atoms with Gasteiger partial charge < -0.3 is 33.7 Å². The fourth-order valence-electron chi connectivity index (χ4n) is 17.0. The van der Waals surface area contributed by atoms with Gasteiger partial charge in [0.05, 0.1) is 5.82 Å². The molecule has 1 aliphatic carbocycles. The summed E-state index contributed by atoms with van der Waals surface area (Å²) in [4.78, 5) is 31.7. The SMILES string of the molecule is CC(C)c1c[c-]c(-c2ccccn2)cc1.CC(C)c1cc[c-]c(-c2nccn2-c2ccccc2)c1.CC(C)c1ccnc(-c2[c-]ccc(C3CCCC3)c2)c1.O=C(O)c1cc(-c2ccccc2)ccn1.[Ir].[Ir].[Ir].[Ir].[c-]1ccccc1-c1noc2ccccc12.[c-]1ccccc1-c1nsc2cc3ccc4cccc5ccc(c12)c3c45.[c-]1ccccc1-c1nsc2ccccc12.[c-]1ncccc1-c1noc2ccccc12. The Hall–Kier alpha value is -14.1. The third-order valence-electron chi connectivity index (χ3n) is 24.3. The van der Waals surface area contributed by atoms with Gasteiger partial charge in [-0.3, -0.25) is 4.98 Å². The first-order valence-electron chi connectivity index (χ1n) is 46.8. The van der Waals surface area contributed by atoms with Crippen LogP contribution < -0.4 is 0 Å². The van der Waals surface area contributed by atoms with Crippen molar-refractivity contribution in [3.63, 3.8) is 0 Å². The third-order valence-corrected chi connectivity index (χ3v) is 25.9. The first-order valence-corrected chi connectivity index (χ1v) is 48.3. The minimum Gasteiger partial charge on any atom is -0.477 e. The van der Waals surface area contributed by atoms with E-state index in [4.69, 9.17) is 18.5 Å². The number of hydrogen-bond acceptors (Lipinski definition) is 14. The summed E-state index contributed by atoms with van der Waals surface area (Å²) < 4.78 is 24.2. The summed E-state index contributed by atoms with van der Waals surface area (Å²) >= 11 is 3.11. The second-order valence-corrected chi connectivity index (χ2v) is 36.1. The number of nitrogens with zero attached hydrogens (tertiary/aromatic N) is 10. The van der Waals surface area contributed by atoms with E-state index in [1.165, 1.54) is 118 Å². The number of carboxylic acid groups (broad SMARTS) is 1. The van der Waals surface area contributed by atoms with E-state index in [0.717, 1.165) is 124 Å². The normalized spacial score (nSPS) is 11.3. The number of carboxylic acids is 1. The average molecular weight is 2620 g/mol. The van der Waals surface area contributed by atoms with Crippen LogP contribution in [0.1, 0.15) is 124 Å². The van der Waals surface area contributed by atoms with Gasteiger partial charge in [-0.25, -0.2) is 18.5 Å². The van der Waals surface area contributed by atoms with Crippen molar-refractivity contribution in [1.29, 1.82) is 0 Å². The van der Waals surface area contributed by atoms with Crippen molar-refractivity contribution < 1.29 is 99.4 Å². The number of para-hydroxylation sites is 3. The molecule has 0 unspecified atom stereocenters. The van der Waals surface area contributed by atoms with Crippen LogP contribution in [-0.2, 0) is 80.4 Å².